The molecule has 2 aromatic rings. The van der Waals surface area contributed by atoms with E-state index in [1.165, 1.54) is 29.5 Å². The topological polar surface area (TPSA) is 46.2 Å². The molecule has 0 fully saturated rings. The lowest BCUT2D eigenvalue weighted by atomic mass is 10.1. The summed E-state index contributed by atoms with van der Waals surface area (Å²) in [7, 11) is -3.65. The molecule has 2 rings (SSSR count). The minimum absolute atomic E-state index is 0.174. The van der Waals surface area contributed by atoms with Crippen LogP contribution >= 0.6 is 11.3 Å². The molecule has 8 heteroatoms. The van der Waals surface area contributed by atoms with Crippen molar-refractivity contribution in [3.05, 3.63) is 52.4 Å². The molecule has 1 N–H and O–H groups in total. The summed E-state index contributed by atoms with van der Waals surface area (Å²) in [4.78, 5) is 0.949. The summed E-state index contributed by atoms with van der Waals surface area (Å²) >= 11 is 1.18. The normalized spacial score (nSPS) is 11.8. The molecule has 0 aliphatic heterocycles. The Morgan fingerprint density at radius 3 is 2.58 bits per heavy atom. The van der Waals surface area contributed by atoms with Gasteiger partial charge in [-0.2, -0.15) is 17.9 Å². The Morgan fingerprint density at radius 1 is 1.21 bits per heavy atom. The highest BCUT2D eigenvalue weighted by atomic mass is 32.2. The number of hydrogen-bond donors (Lipinski definition) is 1. The summed E-state index contributed by atoms with van der Waals surface area (Å²) < 4.78 is 64.4. The van der Waals surface area contributed by atoms with Crippen molar-refractivity contribution in [3.8, 4) is 11.8 Å². The fourth-order valence-corrected chi connectivity index (χ4v) is 4.08. The van der Waals surface area contributed by atoms with Crippen molar-refractivity contribution in [2.75, 3.05) is 6.54 Å². The van der Waals surface area contributed by atoms with Gasteiger partial charge in [-0.1, -0.05) is 24.8 Å². The lowest BCUT2D eigenvalue weighted by molar-refractivity contribution is -0.137. The smallest absolute Gasteiger partial charge is 0.206 e. The summed E-state index contributed by atoms with van der Waals surface area (Å²) in [6, 6.07) is 7.84. The molecule has 128 valence electrons. The Labute approximate surface area is 142 Å². The Kier molecular flexibility index (Phi) is 5.70. The average molecular weight is 373 g/mol. The van der Waals surface area contributed by atoms with Crippen LogP contribution in [0.25, 0.3) is 0 Å². The Balaban J connectivity index is 2.03. The number of nitrogens with one attached hydrogen (secondary N) is 1. The van der Waals surface area contributed by atoms with Crippen LogP contribution in [0.3, 0.4) is 0 Å². The zero-order chi connectivity index (χ0) is 17.8. The molecule has 3 nitrogen and oxygen atoms in total. The SMILES string of the molecule is CCc1ccc(S(=O)(=O)NCC#Cc2cccc(C(F)(F)F)c2)s1. The molecule has 0 bridgehead atoms. The van der Waals surface area contributed by atoms with Crippen LogP contribution in [0.1, 0.15) is 22.9 Å². The molecule has 1 heterocycles. The van der Waals surface area contributed by atoms with E-state index >= 15 is 0 Å². The van der Waals surface area contributed by atoms with Gasteiger partial charge in [-0.25, -0.2) is 8.42 Å². The highest BCUT2D eigenvalue weighted by Crippen LogP contribution is 2.29. The van der Waals surface area contributed by atoms with E-state index in [9.17, 15) is 21.6 Å². The maximum Gasteiger partial charge on any atom is 0.416 e. The third-order valence-electron chi connectivity index (χ3n) is 3.02. The van der Waals surface area contributed by atoms with E-state index in [1.807, 2.05) is 6.92 Å². The molecule has 0 atom stereocenters. The van der Waals surface area contributed by atoms with Crippen molar-refractivity contribution in [3.63, 3.8) is 0 Å². The van der Waals surface area contributed by atoms with Crippen LogP contribution in [0.4, 0.5) is 13.2 Å². The number of alkyl halides is 3. The van der Waals surface area contributed by atoms with Gasteiger partial charge in [-0.15, -0.1) is 11.3 Å². The lowest BCUT2D eigenvalue weighted by Gasteiger charge is -2.05. The molecule has 24 heavy (non-hydrogen) atoms. The second kappa shape index (κ2) is 7.38. The first-order chi connectivity index (χ1) is 11.2. The van der Waals surface area contributed by atoms with Crippen molar-refractivity contribution in [1.29, 1.82) is 0 Å². The zero-order valence-electron chi connectivity index (χ0n) is 12.6. The summed E-state index contributed by atoms with van der Waals surface area (Å²) in [5, 5.41) is 0. The first kappa shape index (κ1) is 18.5. The van der Waals surface area contributed by atoms with Gasteiger partial charge in [0.2, 0.25) is 0 Å². The van der Waals surface area contributed by atoms with Crippen LogP contribution in [0.15, 0.2) is 40.6 Å². The molecule has 0 unspecified atom stereocenters. The van der Waals surface area contributed by atoms with Crippen LogP contribution in [-0.4, -0.2) is 15.0 Å². The van der Waals surface area contributed by atoms with Gasteiger partial charge in [-0.05, 0) is 36.8 Å². The number of hydrogen-bond acceptors (Lipinski definition) is 3. The van der Waals surface area contributed by atoms with Crippen molar-refractivity contribution >= 4 is 21.4 Å². The molecule has 0 spiro atoms. The number of halogens is 3. The number of aryl methyl sites for hydroxylation is 1. The molecule has 0 saturated heterocycles. The molecular weight excluding hydrogens is 359 g/mol. The molecular formula is C16H14F3NO2S2. The van der Waals surface area contributed by atoms with E-state index in [0.717, 1.165) is 23.4 Å². The van der Waals surface area contributed by atoms with Crippen LogP contribution < -0.4 is 4.72 Å². The number of sulfonamides is 1. The largest absolute Gasteiger partial charge is 0.416 e. The Bertz CT molecular complexity index is 874. The van der Waals surface area contributed by atoms with Gasteiger partial charge in [0.25, 0.3) is 10.0 Å². The fraction of sp³-hybridized carbons (Fsp3) is 0.250. The van der Waals surface area contributed by atoms with E-state index in [4.69, 9.17) is 0 Å². The second-order valence-corrected chi connectivity index (χ2v) is 7.94. The van der Waals surface area contributed by atoms with E-state index in [0.29, 0.717) is 0 Å². The van der Waals surface area contributed by atoms with Gasteiger partial charge in [0.05, 0.1) is 12.1 Å². The minimum Gasteiger partial charge on any atom is -0.206 e. The molecule has 0 aliphatic rings. The maximum atomic E-state index is 12.6. The highest BCUT2D eigenvalue weighted by molar-refractivity contribution is 7.91. The van der Waals surface area contributed by atoms with Crippen molar-refractivity contribution in [2.45, 2.75) is 23.7 Å². The van der Waals surface area contributed by atoms with Gasteiger partial charge in [0.15, 0.2) is 0 Å². The van der Waals surface area contributed by atoms with Gasteiger partial charge < -0.3 is 0 Å². The van der Waals surface area contributed by atoms with Gasteiger partial charge in [0.1, 0.15) is 4.21 Å². The Hall–Kier alpha value is -1.82. The number of thiophene rings is 1. The van der Waals surface area contributed by atoms with E-state index in [1.54, 1.807) is 6.07 Å². The summed E-state index contributed by atoms with van der Waals surface area (Å²) in [6.07, 6.45) is -3.69. The summed E-state index contributed by atoms with van der Waals surface area (Å²) in [5.41, 5.74) is -0.617. The standard InChI is InChI=1S/C16H14F3NO2S2/c1-2-14-8-9-15(23-14)24(21,22)20-10-4-6-12-5-3-7-13(11-12)16(17,18)19/h3,5,7-9,11,20H,2,10H2,1H3. The third kappa shape index (κ3) is 4.84. The average Bonchev–Trinajstić information content (AvgIpc) is 3.01. The van der Waals surface area contributed by atoms with Crippen LogP contribution in [-0.2, 0) is 22.6 Å². The van der Waals surface area contributed by atoms with Gasteiger partial charge in [0, 0.05) is 10.4 Å². The zero-order valence-corrected chi connectivity index (χ0v) is 14.3. The van der Waals surface area contributed by atoms with Crippen LogP contribution in [0.2, 0.25) is 0 Å². The second-order valence-electron chi connectivity index (χ2n) is 4.78. The minimum atomic E-state index is -4.44. The lowest BCUT2D eigenvalue weighted by Crippen LogP contribution is -2.23. The third-order valence-corrected chi connectivity index (χ3v) is 6.15. The number of benzene rings is 1. The van der Waals surface area contributed by atoms with Crippen molar-refractivity contribution in [2.24, 2.45) is 0 Å². The van der Waals surface area contributed by atoms with E-state index in [2.05, 4.69) is 16.6 Å². The predicted molar refractivity (Wildman–Crippen MR) is 87.2 cm³/mol. The predicted octanol–water partition coefficient (Wildman–Crippen LogP) is 3.66. The molecule has 0 aliphatic carbocycles. The van der Waals surface area contributed by atoms with E-state index < -0.39 is 21.8 Å². The summed E-state index contributed by atoms with van der Waals surface area (Å²) in [5.74, 6) is 5.05. The molecule has 0 radical (unpaired) electrons. The Morgan fingerprint density at radius 2 is 1.96 bits per heavy atom. The quantitative estimate of drug-likeness (QED) is 0.832. The van der Waals surface area contributed by atoms with Crippen LogP contribution in [0, 0.1) is 11.8 Å². The number of rotatable bonds is 4. The van der Waals surface area contributed by atoms with E-state index in [-0.39, 0.29) is 16.3 Å². The highest BCUT2D eigenvalue weighted by Gasteiger charge is 2.30. The van der Waals surface area contributed by atoms with Gasteiger partial charge >= 0.3 is 6.18 Å². The summed E-state index contributed by atoms with van der Waals surface area (Å²) in [6.45, 7) is 1.74. The first-order valence-corrected chi connectivity index (χ1v) is 9.27. The van der Waals surface area contributed by atoms with Crippen molar-refractivity contribution < 1.29 is 21.6 Å². The van der Waals surface area contributed by atoms with Crippen LogP contribution in [0.5, 0.6) is 0 Å². The van der Waals surface area contributed by atoms with Crippen molar-refractivity contribution in [1.82, 2.24) is 4.72 Å². The maximum absolute atomic E-state index is 12.6. The molecule has 0 amide bonds. The van der Waals surface area contributed by atoms with Gasteiger partial charge in [-0.3, -0.25) is 0 Å². The molecule has 1 aromatic carbocycles. The fourth-order valence-electron chi connectivity index (χ4n) is 1.81. The first-order valence-electron chi connectivity index (χ1n) is 6.97. The molecule has 0 saturated carbocycles. The monoisotopic (exact) mass is 373 g/mol. The molecule has 1 aromatic heterocycles.